The molecule has 0 radical (unpaired) electrons. The molecule has 1 aliphatic heterocycles. The molecule has 4 heteroatoms. The van der Waals surface area contributed by atoms with Crippen LogP contribution in [0.1, 0.15) is 28.4 Å². The topological polar surface area (TPSA) is 41.6 Å². The van der Waals surface area contributed by atoms with Gasteiger partial charge in [0.1, 0.15) is 5.75 Å². The van der Waals surface area contributed by atoms with Crippen LogP contribution in [0.3, 0.4) is 0 Å². The number of hydrogen-bond acceptors (Lipinski definition) is 4. The van der Waals surface area contributed by atoms with Gasteiger partial charge in [-0.05, 0) is 42.3 Å². The average Bonchev–Trinajstić information content (AvgIpc) is 2.64. The Labute approximate surface area is 149 Å². The molecular formula is C21H26N2O2. The second-order valence-electron chi connectivity index (χ2n) is 6.52. The van der Waals surface area contributed by atoms with E-state index in [2.05, 4.69) is 34.5 Å². The maximum Gasteiger partial charge on any atom is 0.159 e. The van der Waals surface area contributed by atoms with Crippen molar-refractivity contribution in [3.8, 4) is 5.75 Å². The molecule has 1 heterocycles. The van der Waals surface area contributed by atoms with E-state index >= 15 is 0 Å². The SMILES string of the molecule is CC(=O)c1ccc(OCCc2ccc(CN3CCNCC3)cc2)cc1. The van der Waals surface area contributed by atoms with Crippen LogP contribution in [0.5, 0.6) is 5.75 Å². The third kappa shape index (κ3) is 5.41. The van der Waals surface area contributed by atoms with Crippen molar-refractivity contribution >= 4 is 5.78 Å². The van der Waals surface area contributed by atoms with Crippen molar-refractivity contribution in [1.82, 2.24) is 10.2 Å². The molecule has 0 atom stereocenters. The van der Waals surface area contributed by atoms with Crippen molar-refractivity contribution < 1.29 is 9.53 Å². The second kappa shape index (κ2) is 8.79. The summed E-state index contributed by atoms with van der Waals surface area (Å²) in [5, 5.41) is 3.38. The van der Waals surface area contributed by atoms with Gasteiger partial charge in [-0.15, -0.1) is 0 Å². The van der Waals surface area contributed by atoms with Gasteiger partial charge < -0.3 is 10.1 Å². The molecule has 1 fully saturated rings. The summed E-state index contributed by atoms with van der Waals surface area (Å²) in [5.41, 5.74) is 3.36. The van der Waals surface area contributed by atoms with E-state index in [0.29, 0.717) is 12.2 Å². The summed E-state index contributed by atoms with van der Waals surface area (Å²) in [4.78, 5) is 13.7. The van der Waals surface area contributed by atoms with Crippen molar-refractivity contribution in [3.63, 3.8) is 0 Å². The first kappa shape index (κ1) is 17.6. The zero-order chi connectivity index (χ0) is 17.5. The van der Waals surface area contributed by atoms with Gasteiger partial charge in [0.15, 0.2) is 5.78 Å². The molecule has 3 rings (SSSR count). The summed E-state index contributed by atoms with van der Waals surface area (Å²) in [6.07, 6.45) is 0.877. The number of ether oxygens (including phenoxy) is 1. The van der Waals surface area contributed by atoms with Crippen LogP contribution in [0.2, 0.25) is 0 Å². The van der Waals surface area contributed by atoms with Gasteiger partial charge in [0, 0.05) is 44.7 Å². The Morgan fingerprint density at radius 1 is 1.00 bits per heavy atom. The number of benzene rings is 2. The van der Waals surface area contributed by atoms with E-state index in [1.807, 2.05) is 24.3 Å². The fourth-order valence-electron chi connectivity index (χ4n) is 3.01. The summed E-state index contributed by atoms with van der Waals surface area (Å²) < 4.78 is 5.77. The Morgan fingerprint density at radius 2 is 1.64 bits per heavy atom. The molecule has 25 heavy (non-hydrogen) atoms. The molecule has 2 aromatic carbocycles. The van der Waals surface area contributed by atoms with Gasteiger partial charge >= 0.3 is 0 Å². The van der Waals surface area contributed by atoms with Crippen molar-refractivity contribution in [3.05, 3.63) is 65.2 Å². The summed E-state index contributed by atoms with van der Waals surface area (Å²) in [6.45, 7) is 7.65. The first-order chi connectivity index (χ1) is 12.2. The predicted molar refractivity (Wildman–Crippen MR) is 100 cm³/mol. The molecule has 0 amide bonds. The molecule has 132 valence electrons. The summed E-state index contributed by atoms with van der Waals surface area (Å²) in [6, 6.07) is 16.2. The lowest BCUT2D eigenvalue weighted by molar-refractivity contribution is 0.101. The number of ketones is 1. The number of Topliss-reactive ketones (excluding diaryl/α,β-unsaturated/α-hetero) is 1. The Hall–Kier alpha value is -2.17. The quantitative estimate of drug-likeness (QED) is 0.788. The lowest BCUT2D eigenvalue weighted by Crippen LogP contribution is -2.42. The standard InChI is InChI=1S/C21H26N2O2/c1-17(24)20-6-8-21(9-7-20)25-15-10-18-2-4-19(5-3-18)16-23-13-11-22-12-14-23/h2-9,22H,10-16H2,1H3. The van der Waals surface area contributed by atoms with Crippen molar-refractivity contribution in [2.24, 2.45) is 0 Å². The Kier molecular flexibility index (Phi) is 6.20. The molecule has 0 bridgehead atoms. The molecule has 1 saturated heterocycles. The molecule has 1 N–H and O–H groups in total. The van der Waals surface area contributed by atoms with Gasteiger partial charge in [-0.25, -0.2) is 0 Å². The van der Waals surface area contributed by atoms with Crippen LogP contribution < -0.4 is 10.1 Å². The Bertz CT molecular complexity index is 674. The summed E-state index contributed by atoms with van der Waals surface area (Å²) in [7, 11) is 0. The summed E-state index contributed by atoms with van der Waals surface area (Å²) in [5.74, 6) is 0.882. The van der Waals surface area contributed by atoms with E-state index in [4.69, 9.17) is 4.74 Å². The Balaban J connectivity index is 1.44. The largest absolute Gasteiger partial charge is 0.493 e. The summed E-state index contributed by atoms with van der Waals surface area (Å²) >= 11 is 0. The second-order valence-corrected chi connectivity index (χ2v) is 6.52. The lowest BCUT2D eigenvalue weighted by Gasteiger charge is -2.27. The van der Waals surface area contributed by atoms with Gasteiger partial charge in [0.05, 0.1) is 6.61 Å². The maximum atomic E-state index is 11.3. The minimum atomic E-state index is 0.0763. The van der Waals surface area contributed by atoms with Gasteiger partial charge in [-0.2, -0.15) is 0 Å². The van der Waals surface area contributed by atoms with Crippen LogP contribution in [0.15, 0.2) is 48.5 Å². The monoisotopic (exact) mass is 338 g/mol. The normalized spacial score (nSPS) is 15.1. The molecule has 4 nitrogen and oxygen atoms in total. The number of nitrogens with one attached hydrogen (secondary N) is 1. The number of rotatable bonds is 7. The minimum Gasteiger partial charge on any atom is -0.493 e. The molecule has 0 saturated carbocycles. The van der Waals surface area contributed by atoms with Gasteiger partial charge in [0.25, 0.3) is 0 Å². The van der Waals surface area contributed by atoms with Crippen molar-refractivity contribution in [1.29, 1.82) is 0 Å². The highest BCUT2D eigenvalue weighted by atomic mass is 16.5. The zero-order valence-corrected chi connectivity index (χ0v) is 14.8. The zero-order valence-electron chi connectivity index (χ0n) is 14.8. The molecule has 0 spiro atoms. The van der Waals surface area contributed by atoms with E-state index in [9.17, 15) is 4.79 Å². The third-order valence-electron chi connectivity index (χ3n) is 4.56. The molecule has 0 aromatic heterocycles. The highest BCUT2D eigenvalue weighted by Crippen LogP contribution is 2.14. The van der Waals surface area contributed by atoms with Crippen LogP contribution in [0.25, 0.3) is 0 Å². The molecule has 1 aliphatic rings. The van der Waals surface area contributed by atoms with Crippen LogP contribution in [-0.2, 0) is 13.0 Å². The fraction of sp³-hybridized carbons (Fsp3) is 0.381. The first-order valence-corrected chi connectivity index (χ1v) is 8.95. The van der Waals surface area contributed by atoms with Gasteiger partial charge in [0.2, 0.25) is 0 Å². The molecular weight excluding hydrogens is 312 g/mol. The van der Waals surface area contributed by atoms with Crippen LogP contribution in [0, 0.1) is 0 Å². The van der Waals surface area contributed by atoms with Crippen LogP contribution in [-0.4, -0.2) is 43.5 Å². The predicted octanol–water partition coefficient (Wildman–Crippen LogP) is 2.92. The van der Waals surface area contributed by atoms with Crippen molar-refractivity contribution in [2.45, 2.75) is 19.9 Å². The lowest BCUT2D eigenvalue weighted by atomic mass is 10.1. The number of nitrogens with zero attached hydrogens (tertiary/aromatic N) is 1. The number of carbonyl (C=O) groups is 1. The fourth-order valence-corrected chi connectivity index (χ4v) is 3.01. The highest BCUT2D eigenvalue weighted by Gasteiger charge is 2.09. The van der Waals surface area contributed by atoms with E-state index in [-0.39, 0.29) is 5.78 Å². The number of piperazine rings is 1. The molecule has 2 aromatic rings. The van der Waals surface area contributed by atoms with E-state index < -0.39 is 0 Å². The van der Waals surface area contributed by atoms with Gasteiger partial charge in [-0.1, -0.05) is 24.3 Å². The Morgan fingerprint density at radius 3 is 2.28 bits per heavy atom. The highest BCUT2D eigenvalue weighted by molar-refractivity contribution is 5.94. The van der Waals surface area contributed by atoms with E-state index in [0.717, 1.165) is 44.9 Å². The molecule has 0 aliphatic carbocycles. The van der Waals surface area contributed by atoms with Crippen molar-refractivity contribution in [2.75, 3.05) is 32.8 Å². The molecule has 0 unspecified atom stereocenters. The minimum absolute atomic E-state index is 0.0763. The number of hydrogen-bond donors (Lipinski definition) is 1. The maximum absolute atomic E-state index is 11.3. The van der Waals surface area contributed by atoms with Gasteiger partial charge in [-0.3, -0.25) is 9.69 Å². The third-order valence-corrected chi connectivity index (χ3v) is 4.56. The smallest absolute Gasteiger partial charge is 0.159 e. The number of carbonyl (C=O) groups excluding carboxylic acids is 1. The average molecular weight is 338 g/mol. The van der Waals surface area contributed by atoms with Crippen LogP contribution >= 0.6 is 0 Å². The van der Waals surface area contributed by atoms with E-state index in [1.54, 1.807) is 6.92 Å². The first-order valence-electron chi connectivity index (χ1n) is 8.95. The van der Waals surface area contributed by atoms with E-state index in [1.165, 1.54) is 11.1 Å². The van der Waals surface area contributed by atoms with Crippen LogP contribution in [0.4, 0.5) is 0 Å².